The standard InChI is InChI=1S/C12H24N2O2/c1-10-6-13-12(2,3)9-14(10)7-11-8-15-4-5-16-11/h10-11,13H,4-9H2,1-3H3. The second-order valence-electron chi connectivity index (χ2n) is 5.61. The summed E-state index contributed by atoms with van der Waals surface area (Å²) in [7, 11) is 0. The lowest BCUT2D eigenvalue weighted by Gasteiger charge is -2.44. The molecule has 94 valence electrons. The second-order valence-corrected chi connectivity index (χ2v) is 5.61. The maximum atomic E-state index is 5.71. The third kappa shape index (κ3) is 3.17. The number of nitrogens with zero attached hydrogens (tertiary/aromatic N) is 1. The smallest absolute Gasteiger partial charge is 0.0936 e. The normalized spacial score (nSPS) is 36.2. The van der Waals surface area contributed by atoms with E-state index in [4.69, 9.17) is 9.47 Å². The lowest BCUT2D eigenvalue weighted by Crippen LogP contribution is -2.62. The van der Waals surface area contributed by atoms with Crippen LogP contribution in [0.2, 0.25) is 0 Å². The van der Waals surface area contributed by atoms with Crippen molar-refractivity contribution in [2.24, 2.45) is 0 Å². The summed E-state index contributed by atoms with van der Waals surface area (Å²) >= 11 is 0. The topological polar surface area (TPSA) is 33.7 Å². The fourth-order valence-electron chi connectivity index (χ4n) is 2.42. The molecule has 16 heavy (non-hydrogen) atoms. The molecule has 0 bridgehead atoms. The van der Waals surface area contributed by atoms with Gasteiger partial charge in [0.25, 0.3) is 0 Å². The van der Waals surface area contributed by atoms with Gasteiger partial charge in [0, 0.05) is 31.2 Å². The van der Waals surface area contributed by atoms with E-state index in [0.717, 1.165) is 39.5 Å². The zero-order valence-corrected chi connectivity index (χ0v) is 10.7. The van der Waals surface area contributed by atoms with E-state index in [0.29, 0.717) is 6.04 Å². The van der Waals surface area contributed by atoms with Crippen molar-refractivity contribution in [3.8, 4) is 0 Å². The summed E-state index contributed by atoms with van der Waals surface area (Å²) in [6, 6.07) is 0.582. The summed E-state index contributed by atoms with van der Waals surface area (Å²) < 4.78 is 11.2. The number of ether oxygens (including phenoxy) is 2. The highest BCUT2D eigenvalue weighted by Gasteiger charge is 2.31. The van der Waals surface area contributed by atoms with Gasteiger partial charge in [0.1, 0.15) is 0 Å². The first kappa shape index (κ1) is 12.3. The van der Waals surface area contributed by atoms with Crippen molar-refractivity contribution in [1.82, 2.24) is 10.2 Å². The number of nitrogens with one attached hydrogen (secondary N) is 1. The fraction of sp³-hybridized carbons (Fsp3) is 1.00. The highest BCUT2D eigenvalue weighted by molar-refractivity contribution is 4.91. The molecule has 0 radical (unpaired) electrons. The van der Waals surface area contributed by atoms with Crippen LogP contribution in [0.1, 0.15) is 20.8 Å². The average molecular weight is 228 g/mol. The van der Waals surface area contributed by atoms with Crippen molar-refractivity contribution in [1.29, 1.82) is 0 Å². The minimum absolute atomic E-state index is 0.210. The Kier molecular flexibility index (Phi) is 3.85. The molecule has 0 aromatic carbocycles. The maximum Gasteiger partial charge on any atom is 0.0936 e. The Morgan fingerprint density at radius 2 is 2.19 bits per heavy atom. The molecule has 2 heterocycles. The van der Waals surface area contributed by atoms with Gasteiger partial charge in [-0.25, -0.2) is 0 Å². The van der Waals surface area contributed by atoms with Gasteiger partial charge in [-0.2, -0.15) is 0 Å². The van der Waals surface area contributed by atoms with E-state index >= 15 is 0 Å². The highest BCUT2D eigenvalue weighted by Crippen LogP contribution is 2.16. The van der Waals surface area contributed by atoms with E-state index in [9.17, 15) is 0 Å². The average Bonchev–Trinajstić information content (AvgIpc) is 2.25. The third-order valence-corrected chi connectivity index (χ3v) is 3.42. The number of hydrogen-bond acceptors (Lipinski definition) is 4. The molecule has 1 N–H and O–H groups in total. The Labute approximate surface area is 98.3 Å². The van der Waals surface area contributed by atoms with Crippen molar-refractivity contribution in [2.75, 3.05) is 39.5 Å². The first-order valence-electron chi connectivity index (χ1n) is 6.25. The molecular formula is C12H24N2O2. The van der Waals surface area contributed by atoms with Crippen molar-refractivity contribution >= 4 is 0 Å². The van der Waals surface area contributed by atoms with Crippen molar-refractivity contribution < 1.29 is 9.47 Å². The van der Waals surface area contributed by atoms with Gasteiger partial charge in [0.15, 0.2) is 0 Å². The van der Waals surface area contributed by atoms with Crippen LogP contribution in [0.4, 0.5) is 0 Å². The maximum absolute atomic E-state index is 5.71. The second kappa shape index (κ2) is 5.00. The molecule has 4 heteroatoms. The summed E-state index contributed by atoms with van der Waals surface area (Å²) in [5.74, 6) is 0. The molecule has 2 aliphatic rings. The molecule has 2 fully saturated rings. The SMILES string of the molecule is CC1CNC(C)(C)CN1CC1COCCO1. The number of hydrogen-bond donors (Lipinski definition) is 1. The van der Waals surface area contributed by atoms with Crippen LogP contribution in [0, 0.1) is 0 Å². The Morgan fingerprint density at radius 1 is 1.38 bits per heavy atom. The van der Waals surface area contributed by atoms with E-state index in [1.807, 2.05) is 0 Å². The van der Waals surface area contributed by atoms with Crippen LogP contribution in [0.5, 0.6) is 0 Å². The predicted octanol–water partition coefficient (Wildman–Crippen LogP) is 0.474. The van der Waals surface area contributed by atoms with Gasteiger partial charge >= 0.3 is 0 Å². The Bertz CT molecular complexity index is 227. The van der Waals surface area contributed by atoms with Gasteiger partial charge in [-0.05, 0) is 20.8 Å². The molecule has 0 amide bonds. The molecule has 0 aromatic heterocycles. The van der Waals surface area contributed by atoms with E-state index in [2.05, 4.69) is 31.0 Å². The van der Waals surface area contributed by atoms with E-state index in [1.165, 1.54) is 0 Å². The van der Waals surface area contributed by atoms with Crippen LogP contribution >= 0.6 is 0 Å². The molecule has 4 nitrogen and oxygen atoms in total. The molecule has 0 spiro atoms. The van der Waals surface area contributed by atoms with Gasteiger partial charge < -0.3 is 14.8 Å². The van der Waals surface area contributed by atoms with Crippen LogP contribution in [0.15, 0.2) is 0 Å². The zero-order chi connectivity index (χ0) is 11.6. The van der Waals surface area contributed by atoms with Crippen LogP contribution < -0.4 is 5.32 Å². The summed E-state index contributed by atoms with van der Waals surface area (Å²) in [5, 5.41) is 3.56. The van der Waals surface area contributed by atoms with Gasteiger partial charge in [0.2, 0.25) is 0 Å². The quantitative estimate of drug-likeness (QED) is 0.745. The lowest BCUT2D eigenvalue weighted by atomic mass is 9.99. The fourth-order valence-corrected chi connectivity index (χ4v) is 2.42. The third-order valence-electron chi connectivity index (χ3n) is 3.42. The zero-order valence-electron chi connectivity index (χ0n) is 10.7. The molecule has 0 aromatic rings. The molecule has 0 saturated carbocycles. The first-order chi connectivity index (χ1) is 7.57. The minimum atomic E-state index is 0.210. The van der Waals surface area contributed by atoms with Crippen LogP contribution in [-0.4, -0.2) is 62.0 Å². The summed E-state index contributed by atoms with van der Waals surface area (Å²) in [6.07, 6.45) is 0.255. The summed E-state index contributed by atoms with van der Waals surface area (Å²) in [5.41, 5.74) is 0.210. The molecule has 2 unspecified atom stereocenters. The van der Waals surface area contributed by atoms with E-state index in [-0.39, 0.29) is 11.6 Å². The molecule has 2 rings (SSSR count). The van der Waals surface area contributed by atoms with Crippen LogP contribution in [0.25, 0.3) is 0 Å². The van der Waals surface area contributed by atoms with Crippen LogP contribution in [-0.2, 0) is 9.47 Å². The van der Waals surface area contributed by atoms with Crippen molar-refractivity contribution in [2.45, 2.75) is 38.5 Å². The molecular weight excluding hydrogens is 204 g/mol. The van der Waals surface area contributed by atoms with Gasteiger partial charge in [-0.1, -0.05) is 0 Å². The highest BCUT2D eigenvalue weighted by atomic mass is 16.6. The van der Waals surface area contributed by atoms with Gasteiger partial charge in [-0.15, -0.1) is 0 Å². The van der Waals surface area contributed by atoms with Gasteiger partial charge in [-0.3, -0.25) is 4.90 Å². The monoisotopic (exact) mass is 228 g/mol. The first-order valence-corrected chi connectivity index (χ1v) is 6.25. The van der Waals surface area contributed by atoms with Crippen LogP contribution in [0.3, 0.4) is 0 Å². The number of rotatable bonds is 2. The summed E-state index contributed by atoms with van der Waals surface area (Å²) in [4.78, 5) is 2.51. The molecule has 0 aliphatic carbocycles. The Balaban J connectivity index is 1.86. The Morgan fingerprint density at radius 3 is 2.88 bits per heavy atom. The molecule has 2 aliphatic heterocycles. The number of piperazine rings is 1. The van der Waals surface area contributed by atoms with Crippen molar-refractivity contribution in [3.05, 3.63) is 0 Å². The summed E-state index contributed by atoms with van der Waals surface area (Å²) in [6.45, 7) is 12.1. The molecule has 2 atom stereocenters. The largest absolute Gasteiger partial charge is 0.376 e. The lowest BCUT2D eigenvalue weighted by molar-refractivity contribution is -0.104. The Hall–Kier alpha value is -0.160. The van der Waals surface area contributed by atoms with Gasteiger partial charge in [0.05, 0.1) is 25.9 Å². The van der Waals surface area contributed by atoms with E-state index in [1.54, 1.807) is 0 Å². The van der Waals surface area contributed by atoms with E-state index < -0.39 is 0 Å². The predicted molar refractivity (Wildman–Crippen MR) is 63.7 cm³/mol. The molecule has 2 saturated heterocycles. The van der Waals surface area contributed by atoms with Crippen molar-refractivity contribution in [3.63, 3.8) is 0 Å². The minimum Gasteiger partial charge on any atom is -0.376 e.